The number of carbonyl (C=O) groups excluding carboxylic acids is 1. The minimum atomic E-state index is -0.378. The second-order valence-electron chi connectivity index (χ2n) is 5.40. The van der Waals surface area contributed by atoms with Gasteiger partial charge in [-0.3, -0.25) is 9.80 Å². The van der Waals surface area contributed by atoms with E-state index in [1.165, 1.54) is 5.01 Å². The Kier molecular flexibility index (Phi) is 6.45. The first-order valence-electron chi connectivity index (χ1n) is 7.82. The fraction of sp³-hybridized carbons (Fsp3) is 0.158. The number of hydrogen-bond acceptors (Lipinski definition) is 5. The molecule has 0 atom stereocenters. The number of likely N-dealkylation sites (N-methyl/N-ethyl adjacent to an activating group) is 1. The van der Waals surface area contributed by atoms with Crippen molar-refractivity contribution in [2.45, 2.75) is 6.54 Å². The minimum Gasteiger partial charge on any atom is -0.390 e. The molecule has 6 nitrogen and oxygen atoms in total. The summed E-state index contributed by atoms with van der Waals surface area (Å²) < 4.78 is 0. The van der Waals surface area contributed by atoms with E-state index in [0.717, 1.165) is 11.1 Å². The van der Waals surface area contributed by atoms with Gasteiger partial charge in [0, 0.05) is 24.8 Å². The van der Waals surface area contributed by atoms with Crippen LogP contribution in [0.1, 0.15) is 11.1 Å². The molecule has 4 N–H and O–H groups in total. The number of rotatable bonds is 7. The Labute approximate surface area is 147 Å². The van der Waals surface area contributed by atoms with Crippen LogP contribution in [0.5, 0.6) is 0 Å². The van der Waals surface area contributed by atoms with Gasteiger partial charge in [0.15, 0.2) is 0 Å². The molecule has 0 spiro atoms. The summed E-state index contributed by atoms with van der Waals surface area (Å²) in [6.07, 6.45) is 0. The zero-order valence-electron chi connectivity index (χ0n) is 14.1. The molecule has 0 bridgehead atoms. The van der Waals surface area contributed by atoms with Crippen molar-refractivity contribution in [3.8, 4) is 0 Å². The molecular formula is C19H22N4O2. The van der Waals surface area contributed by atoms with Crippen LogP contribution in [0.25, 0.3) is 0 Å². The van der Waals surface area contributed by atoms with E-state index in [1.54, 1.807) is 19.2 Å². The lowest BCUT2D eigenvalue weighted by Crippen LogP contribution is -2.25. The van der Waals surface area contributed by atoms with Crippen molar-refractivity contribution in [1.29, 1.82) is 0 Å². The quantitative estimate of drug-likeness (QED) is 0.409. The summed E-state index contributed by atoms with van der Waals surface area (Å²) in [5.41, 5.74) is 8.56. The topological polar surface area (TPSA) is 91.0 Å². The van der Waals surface area contributed by atoms with Crippen molar-refractivity contribution in [2.75, 3.05) is 19.0 Å². The Morgan fingerprint density at radius 2 is 1.84 bits per heavy atom. The molecule has 0 aliphatic heterocycles. The molecule has 6 heteroatoms. The summed E-state index contributed by atoms with van der Waals surface area (Å²) >= 11 is 0. The number of carbonyl (C=O) groups is 1. The molecule has 0 saturated heterocycles. The molecule has 0 heterocycles. The van der Waals surface area contributed by atoms with E-state index in [2.05, 4.69) is 17.0 Å². The van der Waals surface area contributed by atoms with E-state index >= 15 is 0 Å². The Morgan fingerprint density at radius 1 is 1.20 bits per heavy atom. The number of amides is 1. The molecule has 130 valence electrons. The smallest absolute Gasteiger partial charge is 0.273 e. The highest BCUT2D eigenvalue weighted by atomic mass is 16.3. The lowest BCUT2D eigenvalue weighted by atomic mass is 10.1. The molecule has 2 aromatic carbocycles. The minimum absolute atomic E-state index is 0.157. The average molecular weight is 338 g/mol. The lowest BCUT2D eigenvalue weighted by Gasteiger charge is -2.17. The van der Waals surface area contributed by atoms with Crippen LogP contribution < -0.4 is 11.1 Å². The van der Waals surface area contributed by atoms with Gasteiger partial charge in [-0.1, -0.05) is 49.0 Å². The number of nitrogens with two attached hydrogens (primary N) is 1. The van der Waals surface area contributed by atoms with Crippen molar-refractivity contribution < 1.29 is 9.90 Å². The number of benzene rings is 2. The first kappa shape index (κ1) is 18.4. The predicted octanol–water partition coefficient (Wildman–Crippen LogP) is 1.93. The fourth-order valence-corrected chi connectivity index (χ4v) is 2.13. The van der Waals surface area contributed by atoms with Crippen LogP contribution in [0.3, 0.4) is 0 Å². The largest absolute Gasteiger partial charge is 0.390 e. The summed E-state index contributed by atoms with van der Waals surface area (Å²) in [5, 5.41) is 17.9. The summed E-state index contributed by atoms with van der Waals surface area (Å²) in [5.74, 6) is -0.378. The molecule has 0 fully saturated rings. The number of hydrazone groups is 1. The lowest BCUT2D eigenvalue weighted by molar-refractivity contribution is -0.114. The van der Waals surface area contributed by atoms with Gasteiger partial charge in [-0.15, -0.1) is 0 Å². The second kappa shape index (κ2) is 8.77. The maximum atomic E-state index is 12.3. The molecule has 1 amide bonds. The Balaban J connectivity index is 2.07. The number of nitrogens with one attached hydrogen (secondary N) is 1. The van der Waals surface area contributed by atoms with Gasteiger partial charge in [-0.2, -0.15) is 5.10 Å². The van der Waals surface area contributed by atoms with Crippen molar-refractivity contribution >= 4 is 17.3 Å². The number of nitrogens with zero attached hydrogens (tertiary/aromatic N) is 2. The fourth-order valence-electron chi connectivity index (χ4n) is 2.13. The monoisotopic (exact) mass is 338 g/mol. The maximum absolute atomic E-state index is 12.3. The van der Waals surface area contributed by atoms with E-state index in [9.17, 15) is 9.90 Å². The maximum Gasteiger partial charge on any atom is 0.273 e. The van der Waals surface area contributed by atoms with Gasteiger partial charge in [0.2, 0.25) is 0 Å². The molecule has 0 aliphatic rings. The van der Waals surface area contributed by atoms with E-state index in [4.69, 9.17) is 5.73 Å². The third kappa shape index (κ3) is 5.00. The summed E-state index contributed by atoms with van der Waals surface area (Å²) in [6.45, 7) is 3.97. The Hall–Kier alpha value is -2.96. The summed E-state index contributed by atoms with van der Waals surface area (Å²) in [6, 6.07) is 16.5. The first-order chi connectivity index (χ1) is 12.0. The van der Waals surface area contributed by atoms with Gasteiger partial charge in [0.1, 0.15) is 5.70 Å². The van der Waals surface area contributed by atoms with Crippen LogP contribution in [0.4, 0.5) is 5.69 Å². The number of anilines is 1. The van der Waals surface area contributed by atoms with Crippen LogP contribution in [-0.4, -0.2) is 35.4 Å². The van der Waals surface area contributed by atoms with Crippen LogP contribution in [0.2, 0.25) is 0 Å². The van der Waals surface area contributed by atoms with Crippen molar-refractivity contribution in [2.24, 2.45) is 10.8 Å². The first-order valence-corrected chi connectivity index (χ1v) is 7.82. The second-order valence-corrected chi connectivity index (χ2v) is 5.40. The van der Waals surface area contributed by atoms with E-state index < -0.39 is 0 Å². The Morgan fingerprint density at radius 3 is 2.40 bits per heavy atom. The van der Waals surface area contributed by atoms with Crippen LogP contribution in [0, 0.1) is 0 Å². The van der Waals surface area contributed by atoms with Crippen molar-refractivity contribution in [3.05, 3.63) is 78.0 Å². The van der Waals surface area contributed by atoms with Gasteiger partial charge in [0.05, 0.1) is 12.3 Å². The molecule has 2 aromatic rings. The van der Waals surface area contributed by atoms with Crippen LogP contribution in [0.15, 0.2) is 72.0 Å². The Bertz CT molecular complexity index is 755. The van der Waals surface area contributed by atoms with E-state index in [-0.39, 0.29) is 18.2 Å². The van der Waals surface area contributed by atoms with Crippen molar-refractivity contribution in [1.82, 2.24) is 5.01 Å². The number of aliphatic hydroxyl groups excluding tert-OH is 1. The van der Waals surface area contributed by atoms with Gasteiger partial charge < -0.3 is 16.2 Å². The van der Waals surface area contributed by atoms with Gasteiger partial charge in [-0.25, -0.2) is 0 Å². The third-order valence-corrected chi connectivity index (χ3v) is 3.63. The number of aliphatic hydroxyl groups is 1. The SMILES string of the molecule is C=C(C(=O)Nc1ccc(CN)cc1)N(C)/N=C(\CO)c1ccccc1. The highest BCUT2D eigenvalue weighted by molar-refractivity contribution is 6.04. The predicted molar refractivity (Wildman–Crippen MR) is 99.9 cm³/mol. The molecule has 0 unspecified atom stereocenters. The molecule has 0 aromatic heterocycles. The average Bonchev–Trinajstić information content (AvgIpc) is 2.66. The van der Waals surface area contributed by atoms with Gasteiger partial charge in [-0.05, 0) is 17.7 Å². The van der Waals surface area contributed by atoms with E-state index in [1.807, 2.05) is 42.5 Å². The highest BCUT2D eigenvalue weighted by Gasteiger charge is 2.13. The zero-order valence-corrected chi connectivity index (χ0v) is 14.1. The molecular weight excluding hydrogens is 316 g/mol. The van der Waals surface area contributed by atoms with E-state index in [0.29, 0.717) is 17.9 Å². The van der Waals surface area contributed by atoms with Gasteiger partial charge >= 0.3 is 0 Å². The molecule has 0 radical (unpaired) electrons. The standard InChI is InChI=1S/C19H22N4O2/c1-14(19(25)21-17-10-8-15(12-20)9-11-17)23(2)22-18(13-24)16-6-4-3-5-7-16/h3-11,24H,1,12-13,20H2,2H3,(H,21,25)/b22-18+. The molecule has 2 rings (SSSR count). The van der Waals surface area contributed by atoms with Crippen molar-refractivity contribution in [3.63, 3.8) is 0 Å². The van der Waals surface area contributed by atoms with Crippen LogP contribution in [-0.2, 0) is 11.3 Å². The molecule has 25 heavy (non-hydrogen) atoms. The number of hydrogen-bond donors (Lipinski definition) is 3. The van der Waals surface area contributed by atoms with Gasteiger partial charge in [0.25, 0.3) is 5.91 Å². The van der Waals surface area contributed by atoms with Crippen LogP contribution >= 0.6 is 0 Å². The molecule has 0 aliphatic carbocycles. The zero-order chi connectivity index (χ0) is 18.2. The summed E-state index contributed by atoms with van der Waals surface area (Å²) in [7, 11) is 1.61. The highest BCUT2D eigenvalue weighted by Crippen LogP contribution is 2.12. The summed E-state index contributed by atoms with van der Waals surface area (Å²) in [4.78, 5) is 12.3. The normalized spacial score (nSPS) is 11.1. The molecule has 0 saturated carbocycles. The third-order valence-electron chi connectivity index (χ3n) is 3.63.